The average molecular weight is 125 g/mol. The highest BCUT2D eigenvalue weighted by Gasteiger charge is 2.15. The van der Waals surface area contributed by atoms with Crippen molar-refractivity contribution in [3.8, 4) is 0 Å². The minimum Gasteiger partial charge on any atom is -0.379 e. The Morgan fingerprint density at radius 2 is 1.62 bits per heavy atom. The maximum Gasteiger partial charge on any atom is 0.380 e. The lowest BCUT2D eigenvalue weighted by atomic mass is 10.6. The van der Waals surface area contributed by atoms with Gasteiger partial charge in [-0.05, 0) is 0 Å². The number of carbonyl (C=O) groups is 2. The van der Waals surface area contributed by atoms with E-state index in [9.17, 15) is 9.59 Å². The molecule has 40 valence electrons. The third-order valence-electron chi connectivity index (χ3n) is 1.03. The summed E-state index contributed by atoms with van der Waals surface area (Å²) in [6.45, 7) is 0. The molecule has 0 bridgehead atoms. The molecule has 0 aromatic heterocycles. The predicted molar refractivity (Wildman–Crippen MR) is 29.5 cm³/mol. The van der Waals surface area contributed by atoms with E-state index in [-0.39, 0.29) is 11.8 Å². The summed E-state index contributed by atoms with van der Waals surface area (Å²) >= 11 is 0.492. The van der Waals surface area contributed by atoms with Crippen molar-refractivity contribution in [2.24, 2.45) is 0 Å². The second kappa shape index (κ2) is 1.73. The molecule has 0 saturated heterocycles. The van der Waals surface area contributed by atoms with Crippen molar-refractivity contribution < 1.29 is 9.59 Å². The smallest absolute Gasteiger partial charge is 0.379 e. The highest BCUT2D eigenvalue weighted by molar-refractivity contribution is 6.31. The molecule has 2 amide bonds. The molecule has 8 heavy (non-hydrogen) atoms. The van der Waals surface area contributed by atoms with Crippen LogP contribution in [0.1, 0.15) is 0 Å². The Kier molecular flexibility index (Phi) is 1.20. The van der Waals surface area contributed by atoms with Crippen molar-refractivity contribution >= 4 is 28.3 Å². The third-order valence-corrected chi connectivity index (χ3v) is 1.91. The van der Waals surface area contributed by atoms with Gasteiger partial charge in [-0.15, -0.1) is 0 Å². The van der Waals surface area contributed by atoms with Gasteiger partial charge in [0.15, 0.2) is 0 Å². The number of carbonyl (C=O) groups excluding carboxylic acids is 2. The second-order valence-electron chi connectivity index (χ2n) is 1.57. The number of nitrogens with zero attached hydrogens (tertiary/aromatic N) is 1. The van der Waals surface area contributed by atoms with E-state index in [1.807, 2.05) is 0 Å². The Bertz CT molecular complexity index is 157. The first-order valence-electron chi connectivity index (χ1n) is 2.21. The molecule has 0 aromatic rings. The van der Waals surface area contributed by atoms with Crippen molar-refractivity contribution in [2.45, 2.75) is 0 Å². The lowest BCUT2D eigenvalue weighted by Crippen LogP contribution is -2.26. The molecular formula is C4H4AlNO2. The summed E-state index contributed by atoms with van der Waals surface area (Å²) in [5.41, 5.74) is 0. The van der Waals surface area contributed by atoms with Crippen LogP contribution in [0.4, 0.5) is 0 Å². The van der Waals surface area contributed by atoms with Crippen molar-refractivity contribution in [3.05, 3.63) is 12.2 Å². The summed E-state index contributed by atoms with van der Waals surface area (Å²) in [4.78, 5) is 20.9. The van der Waals surface area contributed by atoms with E-state index in [2.05, 4.69) is 0 Å². The monoisotopic (exact) mass is 125 g/mol. The van der Waals surface area contributed by atoms with E-state index in [4.69, 9.17) is 0 Å². The van der Waals surface area contributed by atoms with Crippen LogP contribution in [0, 0.1) is 0 Å². The summed E-state index contributed by atoms with van der Waals surface area (Å²) < 4.78 is 1.19. The number of imide groups is 1. The van der Waals surface area contributed by atoms with Crippen molar-refractivity contribution in [3.63, 3.8) is 0 Å². The first-order valence-corrected chi connectivity index (χ1v) is 3.11. The van der Waals surface area contributed by atoms with Gasteiger partial charge in [0.05, 0.1) is 0 Å². The zero-order chi connectivity index (χ0) is 6.15. The van der Waals surface area contributed by atoms with Crippen molar-refractivity contribution in [1.29, 1.82) is 0 Å². The number of rotatable bonds is 0. The Balaban J connectivity index is 2.84. The molecule has 0 N–H and O–H groups in total. The second-order valence-corrected chi connectivity index (χ2v) is 2.46. The van der Waals surface area contributed by atoms with Gasteiger partial charge >= 0.3 is 16.5 Å². The van der Waals surface area contributed by atoms with Gasteiger partial charge in [-0.3, -0.25) is 9.59 Å². The molecule has 3 nitrogen and oxygen atoms in total. The zero-order valence-corrected chi connectivity index (χ0v) is 6.42. The summed E-state index contributed by atoms with van der Waals surface area (Å²) in [6, 6.07) is 0. The van der Waals surface area contributed by atoms with Gasteiger partial charge in [0.1, 0.15) is 0 Å². The average Bonchev–Trinajstić information content (AvgIpc) is 1.98. The highest BCUT2D eigenvalue weighted by atomic mass is 27.1. The van der Waals surface area contributed by atoms with E-state index in [1.165, 1.54) is 16.0 Å². The lowest BCUT2D eigenvalue weighted by molar-refractivity contribution is -0.131. The van der Waals surface area contributed by atoms with Crippen LogP contribution in [-0.2, 0) is 9.59 Å². The van der Waals surface area contributed by atoms with Crippen LogP contribution in [0.3, 0.4) is 0 Å². The lowest BCUT2D eigenvalue weighted by Gasteiger charge is -2.03. The minimum atomic E-state index is -0.179. The van der Waals surface area contributed by atoms with E-state index >= 15 is 0 Å². The van der Waals surface area contributed by atoms with Crippen LogP contribution in [0.15, 0.2) is 12.2 Å². The van der Waals surface area contributed by atoms with Gasteiger partial charge in [0.2, 0.25) is 11.8 Å². The zero-order valence-electron chi connectivity index (χ0n) is 4.42. The first-order chi connectivity index (χ1) is 3.72. The maximum absolute atomic E-state index is 10.4. The van der Waals surface area contributed by atoms with Gasteiger partial charge in [0.25, 0.3) is 0 Å². The summed E-state index contributed by atoms with van der Waals surface area (Å²) in [5, 5.41) is 0. The van der Waals surface area contributed by atoms with Gasteiger partial charge in [-0.2, -0.15) is 0 Å². The predicted octanol–water partition coefficient (Wildman–Crippen LogP) is -1.54. The quantitative estimate of drug-likeness (QED) is 0.290. The highest BCUT2D eigenvalue weighted by Crippen LogP contribution is 1.96. The summed E-state index contributed by atoms with van der Waals surface area (Å²) in [5.74, 6) is -0.358. The normalized spacial score (nSPS) is 18.2. The van der Waals surface area contributed by atoms with Crippen molar-refractivity contribution in [2.75, 3.05) is 0 Å². The fourth-order valence-corrected chi connectivity index (χ4v) is 0.773. The maximum atomic E-state index is 10.4. The Hall–Kier alpha value is -0.588. The summed E-state index contributed by atoms with van der Waals surface area (Å²) in [6.07, 6.45) is 2.57. The van der Waals surface area contributed by atoms with E-state index < -0.39 is 0 Å². The molecule has 1 rings (SSSR count). The first kappa shape index (κ1) is 5.55. The number of hydrogen-bond donors (Lipinski definition) is 0. The van der Waals surface area contributed by atoms with E-state index in [0.29, 0.717) is 16.5 Å². The molecule has 0 aromatic carbocycles. The molecule has 1 heterocycles. The minimum absolute atomic E-state index is 0.179. The van der Waals surface area contributed by atoms with Crippen LogP contribution >= 0.6 is 0 Å². The van der Waals surface area contributed by atoms with Gasteiger partial charge in [0, 0.05) is 12.2 Å². The SMILES string of the molecule is O=C1C=CC(=O)[N]1[AlH2]. The molecule has 0 fully saturated rings. The fourth-order valence-electron chi connectivity index (χ4n) is 0.475. The molecule has 4 heteroatoms. The van der Waals surface area contributed by atoms with Gasteiger partial charge in [-0.1, -0.05) is 0 Å². The Morgan fingerprint density at radius 1 is 1.25 bits per heavy atom. The fraction of sp³-hybridized carbons (Fsp3) is 0. The van der Waals surface area contributed by atoms with Crippen LogP contribution in [0.2, 0.25) is 0 Å². The van der Waals surface area contributed by atoms with E-state index in [0.717, 1.165) is 0 Å². The van der Waals surface area contributed by atoms with Crippen LogP contribution in [0.25, 0.3) is 0 Å². The molecule has 0 atom stereocenters. The molecule has 0 unspecified atom stereocenters. The molecule has 1 aliphatic rings. The molecule has 0 radical (unpaired) electrons. The Morgan fingerprint density at radius 3 is 1.75 bits per heavy atom. The molecule has 0 saturated carbocycles. The standard InChI is InChI=1S/C4H3NO2.Al.2H/c6-3-1-2-4(7)5-3;;;/h1-2H,(H,5,6,7);;;/q;+1;;/p-1. The van der Waals surface area contributed by atoms with Gasteiger partial charge in [-0.25, -0.2) is 0 Å². The largest absolute Gasteiger partial charge is 0.380 e. The van der Waals surface area contributed by atoms with Crippen molar-refractivity contribution in [1.82, 2.24) is 3.88 Å². The van der Waals surface area contributed by atoms with Gasteiger partial charge < -0.3 is 3.88 Å². The molecule has 1 aliphatic heterocycles. The number of hydrogen-bond acceptors (Lipinski definition) is 2. The molecule has 0 aliphatic carbocycles. The molecule has 0 spiro atoms. The Labute approximate surface area is 54.6 Å². The van der Waals surface area contributed by atoms with E-state index in [1.54, 1.807) is 0 Å². The van der Waals surface area contributed by atoms with Crippen LogP contribution < -0.4 is 0 Å². The van der Waals surface area contributed by atoms with Crippen LogP contribution in [-0.4, -0.2) is 32.2 Å². The third kappa shape index (κ3) is 0.684. The summed E-state index contributed by atoms with van der Waals surface area (Å²) in [7, 11) is 0. The molecular weight excluding hydrogens is 121 g/mol. The van der Waals surface area contributed by atoms with Crippen LogP contribution in [0.5, 0.6) is 0 Å². The topological polar surface area (TPSA) is 37.4 Å². The number of amides is 2.